The first-order chi connectivity index (χ1) is 9.23. The Balaban J connectivity index is 2.81. The van der Waals surface area contributed by atoms with Gasteiger partial charge < -0.3 is 15.7 Å². The molecule has 0 fully saturated rings. The maximum atomic E-state index is 11.8. The van der Waals surface area contributed by atoms with E-state index in [4.69, 9.17) is 28.3 Å². The summed E-state index contributed by atoms with van der Waals surface area (Å²) < 4.78 is 0.598. The van der Waals surface area contributed by atoms with E-state index in [2.05, 4.69) is 26.6 Å². The molecule has 1 aromatic rings. The number of urea groups is 1. The number of carboxylic acids is 1. The van der Waals surface area contributed by atoms with E-state index in [1.165, 1.54) is 0 Å². The number of halogens is 3. The number of carboxylic acid groups (broad SMARTS) is 1. The molecule has 0 bridgehead atoms. The molecule has 5 nitrogen and oxygen atoms in total. The second-order valence-electron chi connectivity index (χ2n) is 4.38. The zero-order valence-corrected chi connectivity index (χ0v) is 13.8. The zero-order chi connectivity index (χ0) is 15.4. The van der Waals surface area contributed by atoms with Gasteiger partial charge in [-0.25, -0.2) is 9.59 Å². The number of hydrogen-bond donors (Lipinski definition) is 3. The molecule has 0 spiro atoms. The monoisotopic (exact) mass is 382 g/mol. The number of carbonyl (C=O) groups is 2. The number of aliphatic carboxylic acids is 1. The van der Waals surface area contributed by atoms with E-state index in [1.54, 1.807) is 26.0 Å². The number of amides is 2. The molecule has 1 unspecified atom stereocenters. The van der Waals surface area contributed by atoms with Gasteiger partial charge in [0.15, 0.2) is 0 Å². The van der Waals surface area contributed by atoms with Crippen molar-refractivity contribution in [2.45, 2.75) is 19.9 Å². The van der Waals surface area contributed by atoms with E-state index < -0.39 is 18.0 Å². The second kappa shape index (κ2) is 7.15. The molecule has 1 aromatic carbocycles. The van der Waals surface area contributed by atoms with Crippen LogP contribution in [0.3, 0.4) is 0 Å². The van der Waals surface area contributed by atoms with Crippen molar-refractivity contribution in [3.63, 3.8) is 0 Å². The van der Waals surface area contributed by atoms with Gasteiger partial charge in [-0.15, -0.1) is 0 Å². The highest BCUT2D eigenvalue weighted by Gasteiger charge is 2.23. The lowest BCUT2D eigenvalue weighted by molar-refractivity contribution is -0.140. The summed E-state index contributed by atoms with van der Waals surface area (Å²) in [7, 11) is 0. The third kappa shape index (κ3) is 4.26. The van der Waals surface area contributed by atoms with E-state index in [-0.39, 0.29) is 16.0 Å². The van der Waals surface area contributed by atoms with Crippen molar-refractivity contribution in [3.8, 4) is 0 Å². The summed E-state index contributed by atoms with van der Waals surface area (Å²) in [5.41, 5.74) is 0.297. The Morgan fingerprint density at radius 3 is 2.35 bits per heavy atom. The van der Waals surface area contributed by atoms with E-state index in [0.717, 1.165) is 0 Å². The van der Waals surface area contributed by atoms with E-state index in [1.807, 2.05) is 0 Å². The number of anilines is 1. The van der Waals surface area contributed by atoms with Crippen LogP contribution in [0.1, 0.15) is 13.8 Å². The largest absolute Gasteiger partial charge is 0.480 e. The van der Waals surface area contributed by atoms with Gasteiger partial charge in [-0.3, -0.25) is 0 Å². The Hall–Kier alpha value is -0.980. The molecule has 0 saturated carbocycles. The molecule has 110 valence electrons. The van der Waals surface area contributed by atoms with Gasteiger partial charge in [0, 0.05) is 4.47 Å². The Labute approximate surface area is 134 Å². The summed E-state index contributed by atoms with van der Waals surface area (Å²) in [4.78, 5) is 22.8. The maximum absolute atomic E-state index is 11.8. The molecule has 8 heteroatoms. The summed E-state index contributed by atoms with van der Waals surface area (Å²) >= 11 is 15.1. The molecule has 0 aliphatic rings. The molecule has 0 aliphatic carbocycles. The van der Waals surface area contributed by atoms with Crippen LogP contribution in [0.4, 0.5) is 10.5 Å². The summed E-state index contributed by atoms with van der Waals surface area (Å²) in [6, 6.07) is 1.54. The van der Waals surface area contributed by atoms with Crippen LogP contribution in [0.5, 0.6) is 0 Å². The number of hydrogen-bond acceptors (Lipinski definition) is 2. The predicted molar refractivity (Wildman–Crippen MR) is 82.6 cm³/mol. The molecule has 20 heavy (non-hydrogen) atoms. The lowest BCUT2D eigenvalue weighted by Gasteiger charge is -2.18. The Morgan fingerprint density at radius 2 is 1.85 bits per heavy atom. The van der Waals surface area contributed by atoms with Gasteiger partial charge in [0.1, 0.15) is 6.04 Å². The van der Waals surface area contributed by atoms with Crippen molar-refractivity contribution in [2.24, 2.45) is 5.92 Å². The molecular weight excluding hydrogens is 371 g/mol. The van der Waals surface area contributed by atoms with E-state index in [9.17, 15) is 9.59 Å². The molecule has 0 aliphatic heterocycles. The zero-order valence-electron chi connectivity index (χ0n) is 10.7. The second-order valence-corrected chi connectivity index (χ2v) is 5.99. The molecule has 1 rings (SSSR count). The molecule has 0 radical (unpaired) electrons. The van der Waals surface area contributed by atoms with Gasteiger partial charge in [0.05, 0.1) is 15.7 Å². The normalized spacial score (nSPS) is 12.1. The number of carbonyl (C=O) groups excluding carboxylic acids is 1. The lowest BCUT2D eigenvalue weighted by Crippen LogP contribution is -2.46. The first-order valence-electron chi connectivity index (χ1n) is 5.67. The third-order valence-corrected chi connectivity index (χ3v) is 4.27. The summed E-state index contributed by atoms with van der Waals surface area (Å²) in [5, 5.41) is 14.3. The molecule has 0 heterocycles. The van der Waals surface area contributed by atoms with E-state index >= 15 is 0 Å². The number of rotatable bonds is 4. The van der Waals surface area contributed by atoms with Crippen molar-refractivity contribution in [1.29, 1.82) is 0 Å². The van der Waals surface area contributed by atoms with Gasteiger partial charge in [-0.1, -0.05) is 37.0 Å². The van der Waals surface area contributed by atoms with Gasteiger partial charge in [-0.2, -0.15) is 0 Å². The topological polar surface area (TPSA) is 78.4 Å². The fraction of sp³-hybridized carbons (Fsp3) is 0.333. The van der Waals surface area contributed by atoms with Crippen LogP contribution in [0, 0.1) is 5.92 Å². The standard InChI is InChI=1S/C12H13BrCl2N2O3/c1-5(2)10(11(18)19)17-12(20)16-7-4-3-6(13)8(14)9(7)15/h3-5,10H,1-2H3,(H,18,19)(H2,16,17,20). The van der Waals surface area contributed by atoms with Crippen LogP contribution >= 0.6 is 39.1 Å². The van der Waals surface area contributed by atoms with Crippen molar-refractivity contribution in [3.05, 3.63) is 26.7 Å². The van der Waals surface area contributed by atoms with Gasteiger partial charge >= 0.3 is 12.0 Å². The maximum Gasteiger partial charge on any atom is 0.326 e. The minimum atomic E-state index is -1.10. The SMILES string of the molecule is CC(C)C(NC(=O)Nc1ccc(Br)c(Cl)c1Cl)C(=O)O. The van der Waals surface area contributed by atoms with Crippen LogP contribution < -0.4 is 10.6 Å². The highest BCUT2D eigenvalue weighted by molar-refractivity contribution is 9.10. The minimum Gasteiger partial charge on any atom is -0.480 e. The fourth-order valence-electron chi connectivity index (χ4n) is 1.44. The quantitative estimate of drug-likeness (QED) is 0.688. The Kier molecular flexibility index (Phi) is 6.10. The first-order valence-corrected chi connectivity index (χ1v) is 7.22. The number of benzene rings is 1. The molecule has 0 saturated heterocycles. The molecule has 1 atom stereocenters. The van der Waals surface area contributed by atoms with Gasteiger partial charge in [-0.05, 0) is 34.0 Å². The lowest BCUT2D eigenvalue weighted by atomic mass is 10.1. The number of nitrogens with one attached hydrogen (secondary N) is 2. The van der Waals surface area contributed by atoms with Crippen LogP contribution in [0.25, 0.3) is 0 Å². The van der Waals surface area contributed by atoms with Crippen LogP contribution in [-0.4, -0.2) is 23.1 Å². The van der Waals surface area contributed by atoms with Gasteiger partial charge in [0.2, 0.25) is 0 Å². The highest BCUT2D eigenvalue weighted by Crippen LogP contribution is 2.35. The first kappa shape index (κ1) is 17.1. The Morgan fingerprint density at radius 1 is 1.25 bits per heavy atom. The predicted octanol–water partition coefficient (Wildman–Crippen LogP) is 3.99. The summed E-state index contributed by atoms with van der Waals surface area (Å²) in [6.07, 6.45) is 0. The van der Waals surface area contributed by atoms with Gasteiger partial charge in [0.25, 0.3) is 0 Å². The van der Waals surface area contributed by atoms with Crippen LogP contribution in [-0.2, 0) is 4.79 Å². The van der Waals surface area contributed by atoms with Crippen molar-refractivity contribution < 1.29 is 14.7 Å². The molecule has 3 N–H and O–H groups in total. The molecule has 2 amide bonds. The minimum absolute atomic E-state index is 0.174. The fourth-order valence-corrected chi connectivity index (χ4v) is 2.26. The van der Waals surface area contributed by atoms with E-state index in [0.29, 0.717) is 10.2 Å². The van der Waals surface area contributed by atoms with Crippen LogP contribution in [0.2, 0.25) is 10.0 Å². The average Bonchev–Trinajstić information content (AvgIpc) is 2.36. The highest BCUT2D eigenvalue weighted by atomic mass is 79.9. The van der Waals surface area contributed by atoms with Crippen molar-refractivity contribution >= 4 is 56.8 Å². The molecule has 0 aromatic heterocycles. The van der Waals surface area contributed by atoms with Crippen molar-refractivity contribution in [2.75, 3.05) is 5.32 Å². The Bertz CT molecular complexity index is 538. The molecular formula is C12H13BrCl2N2O3. The van der Waals surface area contributed by atoms with Crippen LogP contribution in [0.15, 0.2) is 16.6 Å². The third-order valence-electron chi connectivity index (χ3n) is 2.50. The van der Waals surface area contributed by atoms with Crippen molar-refractivity contribution in [1.82, 2.24) is 5.32 Å². The smallest absolute Gasteiger partial charge is 0.326 e. The summed E-state index contributed by atoms with van der Waals surface area (Å²) in [5.74, 6) is -1.35. The summed E-state index contributed by atoms with van der Waals surface area (Å²) in [6.45, 7) is 3.39. The average molecular weight is 384 g/mol.